The summed E-state index contributed by atoms with van der Waals surface area (Å²) in [5, 5.41) is 23.4. The molecule has 110 valence electrons. The normalized spacial score (nSPS) is 11.9. The van der Waals surface area contributed by atoms with Gasteiger partial charge < -0.3 is 15.5 Å². The first-order chi connectivity index (χ1) is 9.90. The first-order valence-electron chi connectivity index (χ1n) is 5.65. The second-order valence-corrected chi connectivity index (χ2v) is 7.43. The fourth-order valence-corrected chi connectivity index (χ4v) is 4.27. The summed E-state index contributed by atoms with van der Waals surface area (Å²) in [5.74, 6) is -1.92. The number of carboxylic acids is 1. The van der Waals surface area contributed by atoms with Crippen molar-refractivity contribution < 1.29 is 19.8 Å². The molecule has 0 fully saturated rings. The average molecular weight is 529 g/mol. The number of carbonyl (C=O) groups excluding carboxylic acids is 1. The highest BCUT2D eigenvalue weighted by molar-refractivity contribution is 14.1. The smallest absolute Gasteiger partial charge is 0.331 e. The molecule has 21 heavy (non-hydrogen) atoms. The van der Waals surface area contributed by atoms with E-state index in [0.29, 0.717) is 8.45 Å². The zero-order valence-corrected chi connectivity index (χ0v) is 15.5. The van der Waals surface area contributed by atoms with Crippen LogP contribution in [0.15, 0.2) is 29.6 Å². The third-order valence-corrected chi connectivity index (χ3v) is 5.01. The molecule has 0 aliphatic carbocycles. The lowest BCUT2D eigenvalue weighted by Gasteiger charge is -2.14. The van der Waals surface area contributed by atoms with Gasteiger partial charge in [0.1, 0.15) is 5.75 Å². The van der Waals surface area contributed by atoms with Crippen LogP contribution < -0.4 is 5.32 Å². The van der Waals surface area contributed by atoms with Crippen molar-refractivity contribution in [1.82, 2.24) is 5.32 Å². The number of thiophene rings is 1. The average Bonchev–Trinajstić information content (AvgIpc) is 2.93. The van der Waals surface area contributed by atoms with E-state index in [1.165, 1.54) is 17.4 Å². The van der Waals surface area contributed by atoms with Crippen LogP contribution in [0.25, 0.3) is 0 Å². The second-order valence-electron chi connectivity index (χ2n) is 4.04. The number of hydrogen-bond donors (Lipinski definition) is 3. The van der Waals surface area contributed by atoms with Crippen molar-refractivity contribution in [2.45, 2.75) is 6.04 Å². The number of hydrogen-bond acceptors (Lipinski definition) is 4. The number of rotatable bonds is 4. The van der Waals surface area contributed by atoms with Crippen LogP contribution in [0.4, 0.5) is 0 Å². The maximum Gasteiger partial charge on any atom is 0.331 e. The van der Waals surface area contributed by atoms with Gasteiger partial charge in [0.15, 0.2) is 6.04 Å². The highest BCUT2D eigenvalue weighted by Crippen LogP contribution is 2.28. The van der Waals surface area contributed by atoms with Crippen LogP contribution >= 0.6 is 56.5 Å². The SMILES string of the molecule is O=C(NC(C(=O)O)c1cccs1)c1cc(I)cc(I)c1O. The van der Waals surface area contributed by atoms with Crippen molar-refractivity contribution >= 4 is 68.4 Å². The summed E-state index contributed by atoms with van der Waals surface area (Å²) in [5.41, 5.74) is 0.0640. The van der Waals surface area contributed by atoms with Crippen LogP contribution in [0, 0.1) is 7.14 Å². The monoisotopic (exact) mass is 529 g/mol. The molecular formula is C13H9I2NO4S. The molecule has 0 bridgehead atoms. The lowest BCUT2D eigenvalue weighted by atomic mass is 10.1. The minimum absolute atomic E-state index is 0.0640. The molecule has 1 atom stereocenters. The molecule has 0 radical (unpaired) electrons. The highest BCUT2D eigenvalue weighted by atomic mass is 127. The minimum atomic E-state index is -1.15. The number of benzene rings is 1. The van der Waals surface area contributed by atoms with Crippen LogP contribution in [0.1, 0.15) is 21.3 Å². The highest BCUT2D eigenvalue weighted by Gasteiger charge is 2.25. The van der Waals surface area contributed by atoms with Gasteiger partial charge in [0.05, 0.1) is 9.13 Å². The maximum atomic E-state index is 12.2. The number of aromatic hydroxyl groups is 1. The van der Waals surface area contributed by atoms with Gasteiger partial charge in [-0.15, -0.1) is 11.3 Å². The van der Waals surface area contributed by atoms with Gasteiger partial charge in [0.2, 0.25) is 0 Å². The van der Waals surface area contributed by atoms with Crippen LogP contribution in [0.3, 0.4) is 0 Å². The summed E-state index contributed by atoms with van der Waals surface area (Å²) in [6.45, 7) is 0. The van der Waals surface area contributed by atoms with Gasteiger partial charge in [0.25, 0.3) is 5.91 Å². The molecule has 0 spiro atoms. The third-order valence-electron chi connectivity index (χ3n) is 2.62. The molecule has 1 aromatic heterocycles. The molecule has 0 aliphatic heterocycles. The van der Waals surface area contributed by atoms with Crippen molar-refractivity contribution in [3.05, 3.63) is 47.2 Å². The van der Waals surface area contributed by atoms with Crippen molar-refractivity contribution in [2.75, 3.05) is 0 Å². The summed E-state index contributed by atoms with van der Waals surface area (Å²) in [6.07, 6.45) is 0. The van der Waals surface area contributed by atoms with Gasteiger partial charge in [-0.1, -0.05) is 6.07 Å². The van der Waals surface area contributed by atoms with E-state index < -0.39 is 17.9 Å². The first-order valence-corrected chi connectivity index (χ1v) is 8.69. The number of phenolic OH excluding ortho intramolecular Hbond substituents is 1. The fourth-order valence-electron chi connectivity index (χ4n) is 1.66. The lowest BCUT2D eigenvalue weighted by Crippen LogP contribution is -2.33. The zero-order valence-electron chi connectivity index (χ0n) is 10.3. The number of amides is 1. The Balaban J connectivity index is 2.30. The van der Waals surface area contributed by atoms with E-state index >= 15 is 0 Å². The van der Waals surface area contributed by atoms with Crippen molar-refractivity contribution in [2.24, 2.45) is 0 Å². The molecule has 1 aromatic carbocycles. The van der Waals surface area contributed by atoms with E-state index in [4.69, 9.17) is 0 Å². The lowest BCUT2D eigenvalue weighted by molar-refractivity contribution is -0.139. The second kappa shape index (κ2) is 6.92. The predicted octanol–water partition coefficient (Wildman–Crippen LogP) is 3.22. The van der Waals surface area contributed by atoms with Crippen molar-refractivity contribution in [3.63, 3.8) is 0 Å². The molecule has 0 aliphatic rings. The largest absolute Gasteiger partial charge is 0.506 e. The van der Waals surface area contributed by atoms with E-state index in [0.717, 1.165) is 3.57 Å². The molecule has 2 rings (SSSR count). The topological polar surface area (TPSA) is 86.6 Å². The molecule has 1 unspecified atom stereocenters. The number of phenols is 1. The summed E-state index contributed by atoms with van der Waals surface area (Å²) in [6, 6.07) is 5.46. The Labute approximate surface area is 151 Å². The van der Waals surface area contributed by atoms with E-state index in [1.807, 2.05) is 45.2 Å². The molecule has 2 aromatic rings. The Hall–Kier alpha value is -0.880. The van der Waals surface area contributed by atoms with Crippen LogP contribution in [0.5, 0.6) is 5.75 Å². The Morgan fingerprint density at radius 3 is 2.57 bits per heavy atom. The van der Waals surface area contributed by atoms with Gasteiger partial charge >= 0.3 is 5.97 Å². The molecule has 0 saturated carbocycles. The van der Waals surface area contributed by atoms with E-state index in [2.05, 4.69) is 5.32 Å². The quantitative estimate of drug-likeness (QED) is 0.532. The van der Waals surface area contributed by atoms with Gasteiger partial charge in [-0.05, 0) is 68.8 Å². The maximum absolute atomic E-state index is 12.2. The summed E-state index contributed by atoms with van der Waals surface area (Å²) < 4.78 is 1.32. The van der Waals surface area contributed by atoms with Crippen LogP contribution in [0.2, 0.25) is 0 Å². The standard InChI is InChI=1S/C13H9I2NO4S/c14-6-4-7(11(17)8(15)5-6)12(18)16-10(13(19)20)9-2-1-3-21-9/h1-5,10,17H,(H,16,18)(H,19,20). The van der Waals surface area contributed by atoms with Crippen LogP contribution in [-0.4, -0.2) is 22.1 Å². The Bertz CT molecular complexity index is 688. The Kier molecular flexibility index (Phi) is 5.43. The van der Waals surface area contributed by atoms with E-state index in [-0.39, 0.29) is 11.3 Å². The van der Waals surface area contributed by atoms with Gasteiger partial charge in [-0.3, -0.25) is 4.79 Å². The number of halogens is 2. The third kappa shape index (κ3) is 3.86. The Morgan fingerprint density at radius 2 is 2.00 bits per heavy atom. The zero-order chi connectivity index (χ0) is 15.6. The molecule has 1 amide bonds. The van der Waals surface area contributed by atoms with Gasteiger partial charge in [-0.2, -0.15) is 0 Å². The summed E-state index contributed by atoms with van der Waals surface area (Å²) >= 11 is 5.19. The number of carboxylic acid groups (broad SMARTS) is 1. The Morgan fingerprint density at radius 1 is 1.29 bits per heavy atom. The molecular weight excluding hydrogens is 520 g/mol. The number of carbonyl (C=O) groups is 2. The molecule has 8 heteroatoms. The van der Waals surface area contributed by atoms with Gasteiger partial charge in [-0.25, -0.2) is 4.79 Å². The summed E-state index contributed by atoms with van der Waals surface area (Å²) in [4.78, 5) is 24.1. The van der Waals surface area contributed by atoms with E-state index in [1.54, 1.807) is 23.6 Å². The predicted molar refractivity (Wildman–Crippen MR) is 95.7 cm³/mol. The van der Waals surface area contributed by atoms with Gasteiger partial charge in [0, 0.05) is 8.45 Å². The molecule has 1 heterocycles. The van der Waals surface area contributed by atoms with E-state index in [9.17, 15) is 19.8 Å². The van der Waals surface area contributed by atoms with Crippen LogP contribution in [-0.2, 0) is 4.79 Å². The fraction of sp³-hybridized carbons (Fsp3) is 0.0769. The minimum Gasteiger partial charge on any atom is -0.506 e. The first kappa shape index (κ1) is 16.5. The molecule has 5 nitrogen and oxygen atoms in total. The van der Waals surface area contributed by atoms with Crippen molar-refractivity contribution in [3.8, 4) is 5.75 Å². The number of aliphatic carboxylic acids is 1. The number of nitrogens with one attached hydrogen (secondary N) is 1. The molecule has 0 saturated heterocycles. The molecule has 3 N–H and O–H groups in total. The summed E-state index contributed by atoms with van der Waals surface area (Å²) in [7, 11) is 0. The van der Waals surface area contributed by atoms with Crippen molar-refractivity contribution in [1.29, 1.82) is 0 Å².